The number of carbonyl (C=O) groups is 1. The number of carbonyl (C=O) groups excluding carboxylic acids is 1. The van der Waals surface area contributed by atoms with Crippen LogP contribution in [0.3, 0.4) is 0 Å². The second kappa shape index (κ2) is 6.95. The van der Waals surface area contributed by atoms with Crippen LogP contribution in [0.15, 0.2) is 48.8 Å². The fourth-order valence-corrected chi connectivity index (χ4v) is 2.37. The minimum Gasteiger partial charge on any atom is -0.326 e. The Morgan fingerprint density at radius 1 is 1.26 bits per heavy atom. The number of anilines is 1. The molecule has 0 aliphatic heterocycles. The third kappa shape index (κ3) is 4.10. The highest BCUT2D eigenvalue weighted by atomic mass is 32.2. The number of aromatic nitrogens is 1. The molecule has 1 N–H and O–H groups in total. The van der Waals surface area contributed by atoms with E-state index in [2.05, 4.69) is 10.3 Å². The van der Waals surface area contributed by atoms with Crippen molar-refractivity contribution in [3.8, 4) is 0 Å². The van der Waals surface area contributed by atoms with Crippen molar-refractivity contribution in [2.24, 2.45) is 0 Å². The highest BCUT2D eigenvalue weighted by molar-refractivity contribution is 7.97. The molecule has 0 bridgehead atoms. The molecule has 2 rings (SSSR count). The largest absolute Gasteiger partial charge is 0.326 e. The van der Waals surface area contributed by atoms with Crippen LogP contribution in [-0.4, -0.2) is 17.1 Å². The van der Waals surface area contributed by atoms with Crippen LogP contribution < -0.4 is 5.32 Å². The topological polar surface area (TPSA) is 42.0 Å². The lowest BCUT2D eigenvalue weighted by Gasteiger charge is -2.10. The van der Waals surface area contributed by atoms with Crippen molar-refractivity contribution >= 4 is 23.4 Å². The molecule has 2 aromatic rings. The second-order valence-corrected chi connectivity index (χ2v) is 5.04. The van der Waals surface area contributed by atoms with E-state index in [1.807, 2.05) is 42.7 Å². The van der Waals surface area contributed by atoms with E-state index in [9.17, 15) is 4.79 Å². The Labute approximate surface area is 117 Å². The molecule has 0 radical (unpaired) electrons. The van der Waals surface area contributed by atoms with E-state index >= 15 is 0 Å². The Bertz CT molecular complexity index is 543. The highest BCUT2D eigenvalue weighted by Crippen LogP contribution is 2.19. The first-order valence-corrected chi connectivity index (χ1v) is 7.44. The number of nitrogens with zero attached hydrogens (tertiary/aromatic N) is 1. The summed E-state index contributed by atoms with van der Waals surface area (Å²) in [6, 6.07) is 11.6. The van der Waals surface area contributed by atoms with Gasteiger partial charge in [0.25, 0.3) is 0 Å². The normalized spacial score (nSPS) is 10.2. The van der Waals surface area contributed by atoms with Gasteiger partial charge in [-0.2, -0.15) is 11.8 Å². The van der Waals surface area contributed by atoms with Crippen molar-refractivity contribution in [2.75, 3.05) is 11.6 Å². The van der Waals surface area contributed by atoms with Crippen LogP contribution in [0.5, 0.6) is 0 Å². The third-order valence-corrected chi connectivity index (χ3v) is 3.28. The number of pyridine rings is 1. The van der Waals surface area contributed by atoms with E-state index in [1.165, 1.54) is 0 Å². The lowest BCUT2D eigenvalue weighted by Crippen LogP contribution is -2.15. The van der Waals surface area contributed by atoms with Gasteiger partial charge in [0, 0.05) is 23.8 Å². The van der Waals surface area contributed by atoms with Gasteiger partial charge in [-0.3, -0.25) is 9.78 Å². The van der Waals surface area contributed by atoms with Crippen LogP contribution >= 0.6 is 11.8 Å². The first-order chi connectivity index (χ1) is 9.29. The summed E-state index contributed by atoms with van der Waals surface area (Å²) in [5.74, 6) is 0.880. The van der Waals surface area contributed by atoms with Gasteiger partial charge in [0.2, 0.25) is 5.91 Å². The van der Waals surface area contributed by atoms with Crippen LogP contribution in [0.25, 0.3) is 0 Å². The van der Waals surface area contributed by atoms with Crippen LogP contribution in [0, 0.1) is 0 Å². The summed E-state index contributed by atoms with van der Waals surface area (Å²) in [7, 11) is 0. The van der Waals surface area contributed by atoms with Gasteiger partial charge in [-0.05, 0) is 29.5 Å². The van der Waals surface area contributed by atoms with E-state index < -0.39 is 0 Å². The van der Waals surface area contributed by atoms with Gasteiger partial charge in [-0.1, -0.05) is 24.3 Å². The van der Waals surface area contributed by atoms with Gasteiger partial charge in [0.05, 0.1) is 6.42 Å². The summed E-state index contributed by atoms with van der Waals surface area (Å²) in [5, 5.41) is 2.96. The zero-order chi connectivity index (χ0) is 13.5. The van der Waals surface area contributed by atoms with E-state index in [0.717, 1.165) is 22.6 Å². The number of rotatable bonds is 5. The maximum Gasteiger partial charge on any atom is 0.228 e. The SMILES string of the molecule is CSCc1ccccc1NC(=O)Cc1cccnc1. The van der Waals surface area contributed by atoms with Crippen molar-refractivity contribution in [1.29, 1.82) is 0 Å². The van der Waals surface area contributed by atoms with Gasteiger partial charge < -0.3 is 5.32 Å². The molecule has 0 aliphatic rings. The second-order valence-electron chi connectivity index (χ2n) is 4.18. The van der Waals surface area contributed by atoms with Crippen molar-refractivity contribution in [2.45, 2.75) is 12.2 Å². The lowest BCUT2D eigenvalue weighted by molar-refractivity contribution is -0.115. The van der Waals surface area contributed by atoms with E-state index in [4.69, 9.17) is 0 Å². The van der Waals surface area contributed by atoms with Gasteiger partial charge in [0.1, 0.15) is 0 Å². The summed E-state index contributed by atoms with van der Waals surface area (Å²) in [5.41, 5.74) is 2.96. The Morgan fingerprint density at radius 3 is 2.84 bits per heavy atom. The summed E-state index contributed by atoms with van der Waals surface area (Å²) >= 11 is 1.74. The molecule has 0 spiro atoms. The molecule has 0 aliphatic carbocycles. The van der Waals surface area contributed by atoms with Crippen molar-refractivity contribution in [3.05, 3.63) is 59.9 Å². The lowest BCUT2D eigenvalue weighted by atomic mass is 10.1. The van der Waals surface area contributed by atoms with Gasteiger partial charge in [-0.25, -0.2) is 0 Å². The van der Waals surface area contributed by atoms with Crippen molar-refractivity contribution in [3.63, 3.8) is 0 Å². The predicted molar refractivity (Wildman–Crippen MR) is 80.2 cm³/mol. The molecule has 19 heavy (non-hydrogen) atoms. The predicted octanol–water partition coefficient (Wildman–Crippen LogP) is 3.13. The first-order valence-electron chi connectivity index (χ1n) is 6.05. The molecule has 3 nitrogen and oxygen atoms in total. The number of hydrogen-bond acceptors (Lipinski definition) is 3. The maximum atomic E-state index is 12.0. The number of nitrogens with one attached hydrogen (secondary N) is 1. The molecule has 1 aromatic carbocycles. The zero-order valence-corrected chi connectivity index (χ0v) is 11.6. The smallest absolute Gasteiger partial charge is 0.228 e. The Kier molecular flexibility index (Phi) is 4.98. The number of hydrogen-bond donors (Lipinski definition) is 1. The molecule has 1 aromatic heterocycles. The number of amides is 1. The van der Waals surface area contributed by atoms with E-state index in [1.54, 1.807) is 24.2 Å². The number of para-hydroxylation sites is 1. The van der Waals surface area contributed by atoms with E-state index in [0.29, 0.717) is 6.42 Å². The number of thioether (sulfide) groups is 1. The summed E-state index contributed by atoms with van der Waals surface area (Å²) in [6.45, 7) is 0. The molecule has 0 unspecified atom stereocenters. The molecule has 1 amide bonds. The van der Waals surface area contributed by atoms with Crippen molar-refractivity contribution in [1.82, 2.24) is 4.98 Å². The molecule has 0 atom stereocenters. The van der Waals surface area contributed by atoms with Crippen LogP contribution in [0.2, 0.25) is 0 Å². The molecule has 4 heteroatoms. The molecule has 0 saturated carbocycles. The van der Waals surface area contributed by atoms with Crippen LogP contribution in [0.4, 0.5) is 5.69 Å². The number of benzene rings is 1. The summed E-state index contributed by atoms with van der Waals surface area (Å²) in [4.78, 5) is 16.0. The van der Waals surface area contributed by atoms with Gasteiger partial charge in [-0.15, -0.1) is 0 Å². The molecule has 1 heterocycles. The molecule has 98 valence electrons. The molecule has 0 saturated heterocycles. The van der Waals surface area contributed by atoms with Gasteiger partial charge in [0.15, 0.2) is 0 Å². The summed E-state index contributed by atoms with van der Waals surface area (Å²) < 4.78 is 0. The Hall–Kier alpha value is -1.81. The fourth-order valence-electron chi connectivity index (χ4n) is 1.81. The molecule has 0 fully saturated rings. The Morgan fingerprint density at radius 2 is 2.11 bits per heavy atom. The monoisotopic (exact) mass is 272 g/mol. The molecular formula is C15H16N2OS. The minimum atomic E-state index is -0.0125. The third-order valence-electron chi connectivity index (χ3n) is 2.68. The minimum absolute atomic E-state index is 0.0125. The molecular weight excluding hydrogens is 256 g/mol. The highest BCUT2D eigenvalue weighted by Gasteiger charge is 2.07. The van der Waals surface area contributed by atoms with Crippen LogP contribution in [0.1, 0.15) is 11.1 Å². The van der Waals surface area contributed by atoms with E-state index in [-0.39, 0.29) is 5.91 Å². The zero-order valence-electron chi connectivity index (χ0n) is 10.8. The standard InChI is InChI=1S/C15H16N2OS/c1-19-11-13-6-2-3-7-14(13)17-15(18)9-12-5-4-8-16-10-12/h2-8,10H,9,11H2,1H3,(H,17,18). The van der Waals surface area contributed by atoms with Crippen molar-refractivity contribution < 1.29 is 4.79 Å². The van der Waals surface area contributed by atoms with Crippen LogP contribution in [-0.2, 0) is 17.0 Å². The maximum absolute atomic E-state index is 12.0. The van der Waals surface area contributed by atoms with Gasteiger partial charge >= 0.3 is 0 Å². The fraction of sp³-hybridized carbons (Fsp3) is 0.200. The first kappa shape index (κ1) is 13.6. The Balaban J connectivity index is 2.03. The summed E-state index contributed by atoms with van der Waals surface area (Å²) in [6.07, 6.45) is 5.82. The average Bonchev–Trinajstić information content (AvgIpc) is 2.42. The quantitative estimate of drug-likeness (QED) is 0.909. The average molecular weight is 272 g/mol.